The number of sulfonamides is 1. The first-order valence-electron chi connectivity index (χ1n) is 8.41. The van der Waals surface area contributed by atoms with Crippen molar-refractivity contribution in [2.45, 2.75) is 11.5 Å². The first-order chi connectivity index (χ1) is 13.3. The molecule has 2 aromatic carbocycles. The maximum atomic E-state index is 13.3. The molecule has 1 saturated heterocycles. The highest BCUT2D eigenvalue weighted by atomic mass is 32.2. The molecule has 0 radical (unpaired) electrons. The topological polar surface area (TPSA) is 95.9 Å². The van der Waals surface area contributed by atoms with Crippen LogP contribution in [-0.4, -0.2) is 50.0 Å². The van der Waals surface area contributed by atoms with Gasteiger partial charge in [-0.15, -0.1) is 0 Å². The van der Waals surface area contributed by atoms with Crippen LogP contribution in [0.1, 0.15) is 15.9 Å². The zero-order chi connectivity index (χ0) is 20.3. The summed E-state index contributed by atoms with van der Waals surface area (Å²) in [7, 11) is -3.94. The minimum atomic E-state index is -3.94. The molecule has 1 heterocycles. The normalized spacial score (nSPS) is 15.4. The van der Waals surface area contributed by atoms with E-state index in [1.165, 1.54) is 22.5 Å². The van der Waals surface area contributed by atoms with Gasteiger partial charge in [0, 0.05) is 30.4 Å². The molecule has 2 N–H and O–H groups in total. The Labute approximate surface area is 160 Å². The van der Waals surface area contributed by atoms with Gasteiger partial charge < -0.3 is 15.2 Å². The molecule has 0 unspecified atom stereocenters. The molecule has 1 aliphatic heterocycles. The lowest BCUT2D eigenvalue weighted by molar-refractivity contribution is 0.0729. The minimum Gasteiger partial charge on any atom is -0.392 e. The van der Waals surface area contributed by atoms with Crippen molar-refractivity contribution in [2.24, 2.45) is 0 Å². The van der Waals surface area contributed by atoms with Crippen LogP contribution >= 0.6 is 0 Å². The van der Waals surface area contributed by atoms with Crippen molar-refractivity contribution in [3.8, 4) is 0 Å². The Kier molecular flexibility index (Phi) is 6.04. The van der Waals surface area contributed by atoms with Crippen molar-refractivity contribution in [2.75, 3.05) is 31.6 Å². The first kappa shape index (κ1) is 20.3. The molecule has 0 spiro atoms. The maximum Gasteiger partial charge on any atom is 0.255 e. The van der Waals surface area contributed by atoms with Gasteiger partial charge in [-0.2, -0.15) is 4.31 Å². The summed E-state index contributed by atoms with van der Waals surface area (Å²) in [6.45, 7) is 0.314. The largest absolute Gasteiger partial charge is 0.392 e. The molecule has 2 aromatic rings. The monoisotopic (exact) mass is 412 g/mol. The lowest BCUT2D eigenvalue weighted by Gasteiger charge is -2.27. The van der Waals surface area contributed by atoms with E-state index >= 15 is 0 Å². The number of nitrogens with zero attached hydrogens (tertiary/aromatic N) is 1. The number of aliphatic hydroxyl groups is 1. The molecule has 150 valence electrons. The van der Waals surface area contributed by atoms with E-state index in [0.29, 0.717) is 0 Å². The summed E-state index contributed by atoms with van der Waals surface area (Å²) >= 11 is 0. The standard InChI is InChI=1S/C18H18F2N2O5S/c19-15-4-3-14(10-16(15)20)21-18(24)12-1-2-13(11-23)17(9-12)28(25,26)22-5-7-27-8-6-22/h1-4,9-10,23H,5-8,11H2,(H,21,24). The first-order valence-corrected chi connectivity index (χ1v) is 9.85. The van der Waals surface area contributed by atoms with Crippen LogP contribution < -0.4 is 5.32 Å². The van der Waals surface area contributed by atoms with Gasteiger partial charge in [-0.1, -0.05) is 6.07 Å². The molecular formula is C18H18F2N2O5S. The molecule has 10 heteroatoms. The minimum absolute atomic E-state index is 0.00577. The molecule has 0 aliphatic carbocycles. The molecule has 28 heavy (non-hydrogen) atoms. The molecule has 1 fully saturated rings. The second-order valence-electron chi connectivity index (χ2n) is 6.08. The molecule has 3 rings (SSSR count). The Morgan fingerprint density at radius 1 is 1.11 bits per heavy atom. The number of nitrogens with one attached hydrogen (secondary N) is 1. The van der Waals surface area contributed by atoms with Crippen molar-refractivity contribution in [1.29, 1.82) is 0 Å². The molecule has 1 aliphatic rings. The Bertz CT molecular complexity index is 991. The van der Waals surface area contributed by atoms with E-state index in [4.69, 9.17) is 4.74 Å². The average molecular weight is 412 g/mol. The SMILES string of the molecule is O=C(Nc1ccc(F)c(F)c1)c1ccc(CO)c(S(=O)(=O)N2CCOCC2)c1. The highest BCUT2D eigenvalue weighted by Gasteiger charge is 2.29. The second-order valence-corrected chi connectivity index (χ2v) is 7.99. The fourth-order valence-corrected chi connectivity index (χ4v) is 4.42. The van der Waals surface area contributed by atoms with E-state index in [0.717, 1.165) is 18.2 Å². The van der Waals surface area contributed by atoms with Gasteiger partial charge in [-0.3, -0.25) is 4.79 Å². The molecule has 7 nitrogen and oxygen atoms in total. The van der Waals surface area contributed by atoms with Crippen LogP contribution in [-0.2, 0) is 21.4 Å². The number of halogens is 2. The van der Waals surface area contributed by atoms with Crippen LogP contribution in [0.2, 0.25) is 0 Å². The Morgan fingerprint density at radius 2 is 1.82 bits per heavy atom. The number of hydrogen-bond donors (Lipinski definition) is 2. The molecule has 1 amide bonds. The van der Waals surface area contributed by atoms with Crippen molar-refractivity contribution in [3.05, 3.63) is 59.2 Å². The summed E-state index contributed by atoms with van der Waals surface area (Å²) in [4.78, 5) is 12.3. The van der Waals surface area contributed by atoms with Gasteiger partial charge in [0.2, 0.25) is 10.0 Å². The lowest BCUT2D eigenvalue weighted by Crippen LogP contribution is -2.41. The van der Waals surface area contributed by atoms with Gasteiger partial charge in [-0.05, 0) is 29.8 Å². The van der Waals surface area contributed by atoms with Gasteiger partial charge in [-0.25, -0.2) is 17.2 Å². The molecule has 0 aromatic heterocycles. The van der Waals surface area contributed by atoms with Crippen molar-refractivity contribution in [3.63, 3.8) is 0 Å². The van der Waals surface area contributed by atoms with Crippen LogP contribution in [0.25, 0.3) is 0 Å². The number of carbonyl (C=O) groups is 1. The van der Waals surface area contributed by atoms with Gasteiger partial charge in [0.1, 0.15) is 0 Å². The van der Waals surface area contributed by atoms with Gasteiger partial charge in [0.15, 0.2) is 11.6 Å². The third-order valence-electron chi connectivity index (χ3n) is 4.27. The number of amides is 1. The van der Waals surface area contributed by atoms with Crippen LogP contribution in [0.3, 0.4) is 0 Å². The number of anilines is 1. The third-order valence-corrected chi connectivity index (χ3v) is 6.25. The van der Waals surface area contributed by atoms with Crippen LogP contribution in [0, 0.1) is 11.6 Å². The predicted molar refractivity (Wildman–Crippen MR) is 96.3 cm³/mol. The van der Waals surface area contributed by atoms with E-state index in [9.17, 15) is 27.1 Å². The number of benzene rings is 2. The van der Waals surface area contributed by atoms with Gasteiger partial charge in [0.05, 0.1) is 24.7 Å². The summed E-state index contributed by atoms with van der Waals surface area (Å²) in [5.41, 5.74) is 0.164. The van der Waals surface area contributed by atoms with Gasteiger partial charge in [0.25, 0.3) is 5.91 Å². The summed E-state index contributed by atoms with van der Waals surface area (Å²) in [6.07, 6.45) is 0. The number of rotatable bonds is 5. The third kappa shape index (κ3) is 4.20. The number of morpholine rings is 1. The summed E-state index contributed by atoms with van der Waals surface area (Å²) < 4.78 is 58.5. The molecule has 0 bridgehead atoms. The average Bonchev–Trinajstić information content (AvgIpc) is 2.71. The van der Waals surface area contributed by atoms with Crippen LogP contribution in [0.15, 0.2) is 41.3 Å². The maximum absolute atomic E-state index is 13.3. The zero-order valence-corrected chi connectivity index (χ0v) is 15.5. The fourth-order valence-electron chi connectivity index (χ4n) is 2.77. The summed E-state index contributed by atoms with van der Waals surface area (Å²) in [6, 6.07) is 6.72. The molecular weight excluding hydrogens is 394 g/mol. The van der Waals surface area contributed by atoms with Gasteiger partial charge >= 0.3 is 0 Å². The van der Waals surface area contributed by atoms with E-state index < -0.39 is 34.2 Å². The van der Waals surface area contributed by atoms with Crippen LogP contribution in [0.4, 0.5) is 14.5 Å². The van der Waals surface area contributed by atoms with E-state index in [1.807, 2.05) is 0 Å². The lowest BCUT2D eigenvalue weighted by atomic mass is 10.1. The predicted octanol–water partition coefficient (Wildman–Crippen LogP) is 1.73. The Hall–Kier alpha value is -2.40. The fraction of sp³-hybridized carbons (Fsp3) is 0.278. The highest BCUT2D eigenvalue weighted by Crippen LogP contribution is 2.24. The van der Waals surface area contributed by atoms with Crippen molar-refractivity contribution >= 4 is 21.6 Å². The van der Waals surface area contributed by atoms with E-state index in [1.54, 1.807) is 0 Å². The van der Waals surface area contributed by atoms with E-state index in [2.05, 4.69) is 5.32 Å². The van der Waals surface area contributed by atoms with Crippen molar-refractivity contribution in [1.82, 2.24) is 4.31 Å². The number of ether oxygens (including phenoxy) is 1. The number of hydrogen-bond acceptors (Lipinski definition) is 5. The van der Waals surface area contributed by atoms with Crippen LogP contribution in [0.5, 0.6) is 0 Å². The highest BCUT2D eigenvalue weighted by molar-refractivity contribution is 7.89. The van der Waals surface area contributed by atoms with Crippen molar-refractivity contribution < 1.29 is 31.8 Å². The molecule has 0 saturated carbocycles. The summed E-state index contributed by atoms with van der Waals surface area (Å²) in [5.74, 6) is -2.87. The molecule has 0 atom stereocenters. The van der Waals surface area contributed by atoms with E-state index in [-0.39, 0.29) is 48.0 Å². The Balaban J connectivity index is 1.91. The Morgan fingerprint density at radius 3 is 2.46 bits per heavy atom. The number of carbonyl (C=O) groups excluding carboxylic acids is 1. The smallest absolute Gasteiger partial charge is 0.255 e. The zero-order valence-electron chi connectivity index (χ0n) is 14.7. The quantitative estimate of drug-likeness (QED) is 0.780. The second kappa shape index (κ2) is 8.31. The number of aliphatic hydroxyl groups excluding tert-OH is 1. The summed E-state index contributed by atoms with van der Waals surface area (Å²) in [5, 5.41) is 11.9.